The van der Waals surface area contributed by atoms with Crippen LogP contribution < -0.4 is 5.43 Å². The Morgan fingerprint density at radius 1 is 1.05 bits per heavy atom. The van der Waals surface area contributed by atoms with Crippen LogP contribution in [0.1, 0.15) is 0 Å². The Balaban J connectivity index is 2.39. The second-order valence-electron chi connectivity index (χ2n) is 4.35. The number of hydrogen-bond acceptors (Lipinski definition) is 2. The summed E-state index contributed by atoms with van der Waals surface area (Å²) in [7, 11) is 0. The van der Waals surface area contributed by atoms with Crippen molar-refractivity contribution in [1.29, 1.82) is 0 Å². The van der Waals surface area contributed by atoms with Crippen LogP contribution in [0.4, 0.5) is 0 Å². The summed E-state index contributed by atoms with van der Waals surface area (Å²) in [6, 6.07) is 12.3. The van der Waals surface area contributed by atoms with Crippen LogP contribution in [0.2, 0.25) is 10.0 Å². The summed E-state index contributed by atoms with van der Waals surface area (Å²) in [5.74, 6) is 0. The van der Waals surface area contributed by atoms with E-state index in [0.29, 0.717) is 31.6 Å². The highest BCUT2D eigenvalue weighted by Crippen LogP contribution is 2.32. The van der Waals surface area contributed by atoms with E-state index < -0.39 is 0 Å². The fraction of sp³-hybridized carbons (Fsp3) is 0. The van der Waals surface area contributed by atoms with Crippen molar-refractivity contribution in [3.8, 4) is 11.1 Å². The molecule has 100 valence electrons. The number of thiol groups is 1. The quantitative estimate of drug-likeness (QED) is 0.620. The lowest BCUT2D eigenvalue weighted by Gasteiger charge is -2.09. The van der Waals surface area contributed by atoms with E-state index in [1.807, 2.05) is 18.2 Å². The molecule has 0 bridgehead atoms. The number of aromatic nitrogens is 1. The number of nitrogens with one attached hydrogen (secondary N) is 1. The standard InChI is InChI=1S/C15H9Cl2NOS/c16-8-5-6-9(11(17)7-8)13-14(19)10-3-1-2-4-12(10)18-15(13)20/h1-7H,(H2,18,19,20). The van der Waals surface area contributed by atoms with Crippen molar-refractivity contribution in [2.75, 3.05) is 0 Å². The molecular weight excluding hydrogens is 313 g/mol. The van der Waals surface area contributed by atoms with Crippen molar-refractivity contribution < 1.29 is 0 Å². The number of rotatable bonds is 1. The zero-order valence-corrected chi connectivity index (χ0v) is 12.6. The third-order valence-corrected chi connectivity index (χ3v) is 3.97. The van der Waals surface area contributed by atoms with Gasteiger partial charge in [-0.2, -0.15) is 0 Å². The molecule has 0 fully saturated rings. The van der Waals surface area contributed by atoms with Crippen molar-refractivity contribution in [2.45, 2.75) is 5.03 Å². The Morgan fingerprint density at radius 2 is 1.80 bits per heavy atom. The third kappa shape index (κ3) is 2.22. The van der Waals surface area contributed by atoms with Gasteiger partial charge in [0.2, 0.25) is 0 Å². The first-order valence-corrected chi connectivity index (χ1v) is 7.07. The number of aromatic amines is 1. The molecule has 1 aromatic heterocycles. The molecule has 0 saturated heterocycles. The zero-order valence-electron chi connectivity index (χ0n) is 10.2. The van der Waals surface area contributed by atoms with Gasteiger partial charge in [0.15, 0.2) is 5.43 Å². The van der Waals surface area contributed by atoms with Gasteiger partial charge in [-0.15, -0.1) is 12.6 Å². The number of pyridine rings is 1. The SMILES string of the molecule is O=c1c(-c2ccc(Cl)cc2Cl)c(S)[nH]c2ccccc12. The largest absolute Gasteiger partial charge is 0.349 e. The van der Waals surface area contributed by atoms with E-state index in [0.717, 1.165) is 5.52 Å². The molecule has 0 amide bonds. The summed E-state index contributed by atoms with van der Waals surface area (Å²) >= 11 is 16.5. The van der Waals surface area contributed by atoms with Gasteiger partial charge in [-0.3, -0.25) is 4.79 Å². The van der Waals surface area contributed by atoms with Gasteiger partial charge in [-0.1, -0.05) is 41.4 Å². The smallest absolute Gasteiger partial charge is 0.198 e. The van der Waals surface area contributed by atoms with Crippen molar-refractivity contribution >= 4 is 46.7 Å². The van der Waals surface area contributed by atoms with Crippen LogP contribution in [0.5, 0.6) is 0 Å². The van der Waals surface area contributed by atoms with E-state index in [2.05, 4.69) is 17.6 Å². The summed E-state index contributed by atoms with van der Waals surface area (Å²) in [4.78, 5) is 15.7. The number of para-hydroxylation sites is 1. The van der Waals surface area contributed by atoms with Gasteiger partial charge in [0.1, 0.15) is 0 Å². The van der Waals surface area contributed by atoms with E-state index in [-0.39, 0.29) is 5.43 Å². The first kappa shape index (κ1) is 13.6. The van der Waals surface area contributed by atoms with Gasteiger partial charge in [-0.05, 0) is 24.3 Å². The predicted molar refractivity (Wildman–Crippen MR) is 87.3 cm³/mol. The van der Waals surface area contributed by atoms with Gasteiger partial charge in [-0.25, -0.2) is 0 Å². The fourth-order valence-corrected chi connectivity index (χ4v) is 3.01. The molecule has 0 aliphatic heterocycles. The summed E-state index contributed by atoms with van der Waals surface area (Å²) in [6.45, 7) is 0. The van der Waals surface area contributed by atoms with Crippen LogP contribution >= 0.6 is 35.8 Å². The van der Waals surface area contributed by atoms with Crippen LogP contribution in [-0.2, 0) is 0 Å². The highest BCUT2D eigenvalue weighted by atomic mass is 35.5. The van der Waals surface area contributed by atoms with Gasteiger partial charge in [0.05, 0.1) is 21.1 Å². The van der Waals surface area contributed by atoms with Gasteiger partial charge in [0.25, 0.3) is 0 Å². The number of halogens is 2. The molecule has 0 spiro atoms. The Kier molecular flexibility index (Phi) is 3.50. The molecule has 0 aliphatic rings. The zero-order chi connectivity index (χ0) is 14.3. The molecule has 0 saturated carbocycles. The lowest BCUT2D eigenvalue weighted by atomic mass is 10.0. The molecule has 1 heterocycles. The number of H-pyrrole nitrogens is 1. The minimum absolute atomic E-state index is 0.103. The van der Waals surface area contributed by atoms with E-state index in [1.54, 1.807) is 24.3 Å². The Hall–Kier alpha value is -1.42. The van der Waals surface area contributed by atoms with Crippen molar-refractivity contribution in [1.82, 2.24) is 4.98 Å². The first-order valence-electron chi connectivity index (χ1n) is 5.87. The molecule has 0 atom stereocenters. The predicted octanol–water partition coefficient (Wildman–Crippen LogP) is 4.79. The molecule has 1 N–H and O–H groups in total. The molecule has 0 unspecified atom stereocenters. The van der Waals surface area contributed by atoms with E-state index in [1.165, 1.54) is 0 Å². The van der Waals surface area contributed by atoms with Gasteiger partial charge >= 0.3 is 0 Å². The van der Waals surface area contributed by atoms with Crippen molar-refractivity contribution in [2.24, 2.45) is 0 Å². The summed E-state index contributed by atoms with van der Waals surface area (Å²) in [5.41, 5.74) is 1.71. The molecule has 2 aromatic carbocycles. The van der Waals surface area contributed by atoms with Gasteiger partial charge < -0.3 is 4.98 Å². The number of benzene rings is 2. The molecule has 20 heavy (non-hydrogen) atoms. The second-order valence-corrected chi connectivity index (χ2v) is 5.64. The number of fused-ring (bicyclic) bond motifs is 1. The van der Waals surface area contributed by atoms with Crippen LogP contribution in [0.15, 0.2) is 52.3 Å². The summed E-state index contributed by atoms with van der Waals surface area (Å²) in [5, 5.41) is 2.04. The van der Waals surface area contributed by atoms with Crippen molar-refractivity contribution in [3.05, 3.63) is 62.7 Å². The highest BCUT2D eigenvalue weighted by Gasteiger charge is 2.14. The van der Waals surface area contributed by atoms with Crippen LogP contribution in [0.25, 0.3) is 22.0 Å². The Bertz CT molecular complexity index is 873. The highest BCUT2D eigenvalue weighted by molar-refractivity contribution is 7.80. The maximum absolute atomic E-state index is 12.6. The molecule has 3 aromatic rings. The average Bonchev–Trinajstić information content (AvgIpc) is 2.41. The van der Waals surface area contributed by atoms with Crippen LogP contribution in [-0.4, -0.2) is 4.98 Å². The van der Waals surface area contributed by atoms with Crippen LogP contribution in [0, 0.1) is 0 Å². The van der Waals surface area contributed by atoms with Gasteiger partial charge in [0, 0.05) is 16.0 Å². The van der Waals surface area contributed by atoms with E-state index in [4.69, 9.17) is 23.2 Å². The lowest BCUT2D eigenvalue weighted by molar-refractivity contribution is 1.19. The van der Waals surface area contributed by atoms with Crippen molar-refractivity contribution in [3.63, 3.8) is 0 Å². The first-order chi connectivity index (χ1) is 9.58. The number of hydrogen-bond donors (Lipinski definition) is 2. The third-order valence-electron chi connectivity index (χ3n) is 3.09. The normalized spacial score (nSPS) is 10.9. The van der Waals surface area contributed by atoms with E-state index in [9.17, 15) is 4.79 Å². The minimum atomic E-state index is -0.103. The molecule has 5 heteroatoms. The molecule has 2 nitrogen and oxygen atoms in total. The van der Waals surface area contributed by atoms with Crippen LogP contribution in [0.3, 0.4) is 0 Å². The molecule has 0 radical (unpaired) electrons. The molecule has 0 aliphatic carbocycles. The maximum atomic E-state index is 12.6. The topological polar surface area (TPSA) is 32.9 Å². The summed E-state index contributed by atoms with van der Waals surface area (Å²) in [6.07, 6.45) is 0. The molecular formula is C15H9Cl2NOS. The average molecular weight is 322 g/mol. The molecule has 3 rings (SSSR count). The maximum Gasteiger partial charge on any atom is 0.198 e. The minimum Gasteiger partial charge on any atom is -0.349 e. The second kappa shape index (κ2) is 5.17. The Labute approximate surface area is 130 Å². The monoisotopic (exact) mass is 321 g/mol. The summed E-state index contributed by atoms with van der Waals surface area (Å²) < 4.78 is 0. The fourth-order valence-electron chi connectivity index (χ4n) is 2.16. The lowest BCUT2D eigenvalue weighted by Crippen LogP contribution is -2.08. The Morgan fingerprint density at radius 3 is 2.55 bits per heavy atom. The van der Waals surface area contributed by atoms with E-state index >= 15 is 0 Å².